The van der Waals surface area contributed by atoms with Gasteiger partial charge in [0, 0.05) is 18.3 Å². The molecule has 0 aliphatic rings. The van der Waals surface area contributed by atoms with E-state index in [4.69, 9.17) is 4.52 Å². The van der Waals surface area contributed by atoms with Gasteiger partial charge in [-0.3, -0.25) is 14.5 Å². The molecule has 3 rings (SSSR count). The summed E-state index contributed by atoms with van der Waals surface area (Å²) in [5, 5.41) is 6.68. The average molecular weight is 414 g/mol. The zero-order chi connectivity index (χ0) is 21.0. The van der Waals surface area contributed by atoms with Crippen LogP contribution in [0.3, 0.4) is 0 Å². The van der Waals surface area contributed by atoms with Crippen LogP contribution < -0.4 is 10.0 Å². The highest BCUT2D eigenvalue weighted by molar-refractivity contribution is 7.92. The van der Waals surface area contributed by atoms with Crippen LogP contribution in [0, 0.1) is 20.8 Å². The molecule has 0 saturated carbocycles. The molecule has 0 radical (unpaired) electrons. The summed E-state index contributed by atoms with van der Waals surface area (Å²) < 4.78 is 32.6. The van der Waals surface area contributed by atoms with Gasteiger partial charge in [-0.1, -0.05) is 22.9 Å². The van der Waals surface area contributed by atoms with Gasteiger partial charge in [-0.2, -0.15) is 0 Å². The molecule has 0 atom stereocenters. The summed E-state index contributed by atoms with van der Waals surface area (Å²) in [4.78, 5) is 16.5. The number of rotatable bonds is 7. The lowest BCUT2D eigenvalue weighted by Crippen LogP contribution is -2.26. The molecule has 9 heteroatoms. The Balaban J connectivity index is 1.65. The largest absolute Gasteiger partial charge is 0.361 e. The van der Waals surface area contributed by atoms with Crippen LogP contribution in [-0.4, -0.2) is 31.0 Å². The minimum atomic E-state index is -3.77. The van der Waals surface area contributed by atoms with Crippen LogP contribution >= 0.6 is 0 Å². The number of aromatic nitrogens is 2. The predicted octanol–water partition coefficient (Wildman–Crippen LogP) is 2.77. The zero-order valence-corrected chi connectivity index (χ0v) is 17.2. The SMILES string of the molecule is Cc1ccc(S(=O)(=O)Nc2cncc(C(=O)NCCc3c(C)noc3C)c2)cc1. The maximum atomic E-state index is 12.5. The predicted molar refractivity (Wildman–Crippen MR) is 108 cm³/mol. The fourth-order valence-electron chi connectivity index (χ4n) is 2.81. The number of carbonyl (C=O) groups is 1. The molecule has 8 nitrogen and oxygen atoms in total. The molecule has 0 unspecified atom stereocenters. The summed E-state index contributed by atoms with van der Waals surface area (Å²) in [6.07, 6.45) is 3.32. The second-order valence-electron chi connectivity index (χ2n) is 6.69. The highest BCUT2D eigenvalue weighted by atomic mass is 32.2. The van der Waals surface area contributed by atoms with Gasteiger partial charge in [-0.15, -0.1) is 0 Å². The normalized spacial score (nSPS) is 11.3. The third-order valence-corrected chi connectivity index (χ3v) is 5.82. The van der Waals surface area contributed by atoms with Gasteiger partial charge < -0.3 is 9.84 Å². The number of hydrogen-bond donors (Lipinski definition) is 2. The number of carbonyl (C=O) groups excluding carboxylic acids is 1. The minimum Gasteiger partial charge on any atom is -0.361 e. The Bertz CT molecular complexity index is 1100. The van der Waals surface area contributed by atoms with E-state index in [9.17, 15) is 13.2 Å². The Morgan fingerprint density at radius 3 is 2.48 bits per heavy atom. The lowest BCUT2D eigenvalue weighted by atomic mass is 10.1. The molecule has 1 amide bonds. The molecule has 0 aliphatic carbocycles. The third-order valence-electron chi connectivity index (χ3n) is 4.43. The fourth-order valence-corrected chi connectivity index (χ4v) is 3.85. The van der Waals surface area contributed by atoms with E-state index in [1.165, 1.54) is 30.6 Å². The number of amides is 1. The molecule has 3 aromatic rings. The van der Waals surface area contributed by atoms with Crippen LogP contribution in [0.4, 0.5) is 5.69 Å². The van der Waals surface area contributed by atoms with E-state index in [0.29, 0.717) is 13.0 Å². The van der Waals surface area contributed by atoms with Crippen LogP contribution in [0.15, 0.2) is 52.1 Å². The van der Waals surface area contributed by atoms with Crippen LogP contribution in [0.25, 0.3) is 0 Å². The van der Waals surface area contributed by atoms with E-state index in [1.54, 1.807) is 12.1 Å². The second kappa shape index (κ2) is 8.44. The molecule has 2 heterocycles. The van der Waals surface area contributed by atoms with Crippen LogP contribution in [0.5, 0.6) is 0 Å². The van der Waals surface area contributed by atoms with Crippen molar-refractivity contribution in [2.24, 2.45) is 0 Å². The average Bonchev–Trinajstić information content (AvgIpc) is 3.00. The summed E-state index contributed by atoms with van der Waals surface area (Å²) in [6.45, 7) is 5.94. The summed E-state index contributed by atoms with van der Waals surface area (Å²) >= 11 is 0. The van der Waals surface area contributed by atoms with Gasteiger partial charge in [0.25, 0.3) is 15.9 Å². The Morgan fingerprint density at radius 2 is 1.83 bits per heavy atom. The van der Waals surface area contributed by atoms with E-state index in [2.05, 4.69) is 20.2 Å². The van der Waals surface area contributed by atoms with Gasteiger partial charge in [-0.05, 0) is 45.4 Å². The Morgan fingerprint density at radius 1 is 1.10 bits per heavy atom. The first-order valence-electron chi connectivity index (χ1n) is 9.01. The Kier molecular flexibility index (Phi) is 5.97. The van der Waals surface area contributed by atoms with Crippen molar-refractivity contribution in [3.8, 4) is 0 Å². The molecule has 152 valence electrons. The smallest absolute Gasteiger partial charge is 0.261 e. The topological polar surface area (TPSA) is 114 Å². The highest BCUT2D eigenvalue weighted by Gasteiger charge is 2.16. The maximum Gasteiger partial charge on any atom is 0.261 e. The number of benzene rings is 1. The molecular formula is C20H22N4O4S. The lowest BCUT2D eigenvalue weighted by molar-refractivity contribution is 0.0953. The second-order valence-corrected chi connectivity index (χ2v) is 8.37. The number of nitrogens with one attached hydrogen (secondary N) is 2. The summed E-state index contributed by atoms with van der Waals surface area (Å²) in [5.41, 5.74) is 3.19. The van der Waals surface area contributed by atoms with Crippen molar-refractivity contribution in [1.29, 1.82) is 0 Å². The fraction of sp³-hybridized carbons (Fsp3) is 0.250. The first-order valence-corrected chi connectivity index (χ1v) is 10.5. The summed E-state index contributed by atoms with van der Waals surface area (Å²) in [5.74, 6) is 0.381. The van der Waals surface area contributed by atoms with Crippen LogP contribution in [-0.2, 0) is 16.4 Å². The zero-order valence-electron chi connectivity index (χ0n) is 16.4. The summed E-state index contributed by atoms with van der Waals surface area (Å²) in [6, 6.07) is 7.93. The summed E-state index contributed by atoms with van der Waals surface area (Å²) in [7, 11) is -3.77. The van der Waals surface area contributed by atoms with E-state index in [-0.39, 0.29) is 22.1 Å². The van der Waals surface area contributed by atoms with Gasteiger partial charge in [-0.25, -0.2) is 8.42 Å². The molecule has 2 aromatic heterocycles. The number of nitrogens with zero attached hydrogens (tertiary/aromatic N) is 2. The molecule has 0 fully saturated rings. The van der Waals surface area contributed by atoms with E-state index in [1.807, 2.05) is 20.8 Å². The van der Waals surface area contributed by atoms with Crippen molar-refractivity contribution in [2.45, 2.75) is 32.1 Å². The molecule has 0 spiro atoms. The van der Waals surface area contributed by atoms with Crippen molar-refractivity contribution in [1.82, 2.24) is 15.5 Å². The molecule has 0 saturated heterocycles. The van der Waals surface area contributed by atoms with Gasteiger partial charge in [0.05, 0.1) is 28.0 Å². The first kappa shape index (κ1) is 20.5. The van der Waals surface area contributed by atoms with Crippen molar-refractivity contribution in [3.63, 3.8) is 0 Å². The first-order chi connectivity index (χ1) is 13.8. The molecule has 0 bridgehead atoms. The van der Waals surface area contributed by atoms with E-state index in [0.717, 1.165) is 22.6 Å². The van der Waals surface area contributed by atoms with Gasteiger partial charge in [0.1, 0.15) is 5.76 Å². The van der Waals surface area contributed by atoms with Gasteiger partial charge >= 0.3 is 0 Å². The van der Waals surface area contributed by atoms with Crippen molar-refractivity contribution in [3.05, 3.63) is 70.9 Å². The number of pyridine rings is 1. The third kappa shape index (κ3) is 5.00. The molecule has 2 N–H and O–H groups in total. The molecule has 29 heavy (non-hydrogen) atoms. The number of hydrogen-bond acceptors (Lipinski definition) is 6. The van der Waals surface area contributed by atoms with Crippen molar-refractivity contribution in [2.75, 3.05) is 11.3 Å². The van der Waals surface area contributed by atoms with Crippen LogP contribution in [0.2, 0.25) is 0 Å². The van der Waals surface area contributed by atoms with Gasteiger partial charge in [0.15, 0.2) is 0 Å². The quantitative estimate of drug-likeness (QED) is 0.614. The number of sulfonamides is 1. The maximum absolute atomic E-state index is 12.5. The molecular weight excluding hydrogens is 392 g/mol. The van der Waals surface area contributed by atoms with Crippen molar-refractivity contribution < 1.29 is 17.7 Å². The van der Waals surface area contributed by atoms with E-state index >= 15 is 0 Å². The van der Waals surface area contributed by atoms with Gasteiger partial charge in [0.2, 0.25) is 0 Å². The molecule has 1 aromatic carbocycles. The Hall–Kier alpha value is -3.20. The minimum absolute atomic E-state index is 0.136. The van der Waals surface area contributed by atoms with Crippen molar-refractivity contribution >= 4 is 21.6 Å². The number of aryl methyl sites for hydroxylation is 3. The highest BCUT2D eigenvalue weighted by Crippen LogP contribution is 2.17. The number of anilines is 1. The standard InChI is InChI=1S/C20H22N4O4S/c1-13-4-6-18(7-5-13)29(26,27)24-17-10-16(11-21-12-17)20(25)22-9-8-19-14(2)23-28-15(19)3/h4-7,10-12,24H,8-9H2,1-3H3,(H,22,25). The lowest BCUT2D eigenvalue weighted by Gasteiger charge is -2.10. The molecule has 0 aliphatic heterocycles. The monoisotopic (exact) mass is 414 g/mol. The van der Waals surface area contributed by atoms with Crippen LogP contribution in [0.1, 0.15) is 32.9 Å². The van der Waals surface area contributed by atoms with E-state index < -0.39 is 10.0 Å². The Labute approximate surface area is 169 Å².